The van der Waals surface area contributed by atoms with E-state index in [0.717, 1.165) is 16.3 Å². The highest BCUT2D eigenvalue weighted by Gasteiger charge is 2.22. The number of nitrogens with zero attached hydrogens (tertiary/aromatic N) is 3. The van der Waals surface area contributed by atoms with Crippen molar-refractivity contribution in [2.45, 2.75) is 6.04 Å². The van der Waals surface area contributed by atoms with Gasteiger partial charge in [0.15, 0.2) is 11.5 Å². The number of hydrogen-bond donors (Lipinski definition) is 3. The standard InChI is InChI=1S/C22H16FN5O/c23-15-8-5-14(6-9-15)19(28-22-20-21(25-11-24-20)26-12-27-22)18-16-4-2-1-3-13(16)7-10-17(18)29/h1-12,19,29H,(H2,24,25,26,27,28). The Bertz CT molecular complexity index is 1320. The van der Waals surface area contributed by atoms with Crippen LogP contribution in [0.3, 0.4) is 0 Å². The van der Waals surface area contributed by atoms with Crippen LogP contribution in [0.15, 0.2) is 73.3 Å². The van der Waals surface area contributed by atoms with Crippen molar-refractivity contribution in [1.82, 2.24) is 19.9 Å². The minimum atomic E-state index is -0.483. The number of phenolic OH excluding ortho intramolecular Hbond substituents is 1. The van der Waals surface area contributed by atoms with E-state index in [2.05, 4.69) is 25.3 Å². The Labute approximate surface area is 165 Å². The Morgan fingerprint density at radius 2 is 1.76 bits per heavy atom. The van der Waals surface area contributed by atoms with E-state index in [-0.39, 0.29) is 11.6 Å². The van der Waals surface area contributed by atoms with Gasteiger partial charge in [0.05, 0.1) is 12.4 Å². The van der Waals surface area contributed by atoms with Crippen molar-refractivity contribution < 1.29 is 9.50 Å². The van der Waals surface area contributed by atoms with Crippen LogP contribution in [-0.2, 0) is 0 Å². The summed E-state index contributed by atoms with van der Waals surface area (Å²) in [6.07, 6.45) is 2.98. The molecule has 0 aliphatic rings. The second-order valence-electron chi connectivity index (χ2n) is 6.67. The Morgan fingerprint density at radius 1 is 0.931 bits per heavy atom. The molecule has 5 rings (SSSR count). The third-order valence-corrected chi connectivity index (χ3v) is 4.94. The smallest absolute Gasteiger partial charge is 0.182 e. The molecular weight excluding hydrogens is 369 g/mol. The molecule has 0 aliphatic heterocycles. The lowest BCUT2D eigenvalue weighted by molar-refractivity contribution is 0.468. The molecule has 0 spiro atoms. The molecule has 1 unspecified atom stereocenters. The number of halogens is 1. The molecule has 0 saturated carbocycles. The quantitative estimate of drug-likeness (QED) is 0.422. The van der Waals surface area contributed by atoms with Gasteiger partial charge in [-0.15, -0.1) is 0 Å². The van der Waals surface area contributed by atoms with E-state index < -0.39 is 6.04 Å². The lowest BCUT2D eigenvalue weighted by Gasteiger charge is -2.23. The highest BCUT2D eigenvalue weighted by Crippen LogP contribution is 2.38. The van der Waals surface area contributed by atoms with Crippen LogP contribution in [0.4, 0.5) is 10.2 Å². The second-order valence-corrected chi connectivity index (χ2v) is 6.67. The van der Waals surface area contributed by atoms with Gasteiger partial charge in [-0.3, -0.25) is 0 Å². The van der Waals surface area contributed by atoms with E-state index in [0.29, 0.717) is 22.5 Å². The maximum Gasteiger partial charge on any atom is 0.182 e. The van der Waals surface area contributed by atoms with E-state index >= 15 is 0 Å². The lowest BCUT2D eigenvalue weighted by Crippen LogP contribution is -2.14. The minimum Gasteiger partial charge on any atom is -0.508 e. The maximum absolute atomic E-state index is 13.6. The largest absolute Gasteiger partial charge is 0.508 e. The molecule has 142 valence electrons. The van der Waals surface area contributed by atoms with Crippen molar-refractivity contribution in [3.05, 3.63) is 90.3 Å². The predicted octanol–water partition coefficient (Wildman–Crippen LogP) is 4.55. The van der Waals surface area contributed by atoms with E-state index in [4.69, 9.17) is 0 Å². The van der Waals surface area contributed by atoms with Gasteiger partial charge in [-0.25, -0.2) is 19.3 Å². The van der Waals surface area contributed by atoms with E-state index in [1.165, 1.54) is 18.5 Å². The molecule has 1 atom stereocenters. The fourth-order valence-corrected chi connectivity index (χ4v) is 3.58. The number of aromatic hydroxyl groups is 1. The number of phenols is 1. The maximum atomic E-state index is 13.6. The molecule has 2 heterocycles. The third-order valence-electron chi connectivity index (χ3n) is 4.94. The van der Waals surface area contributed by atoms with Gasteiger partial charge in [-0.1, -0.05) is 42.5 Å². The molecule has 7 heteroatoms. The average Bonchev–Trinajstić information content (AvgIpc) is 3.23. The van der Waals surface area contributed by atoms with Crippen LogP contribution in [0.5, 0.6) is 5.75 Å². The van der Waals surface area contributed by atoms with Gasteiger partial charge < -0.3 is 15.4 Å². The highest BCUT2D eigenvalue weighted by atomic mass is 19.1. The summed E-state index contributed by atoms with van der Waals surface area (Å²) in [5.41, 5.74) is 2.65. The van der Waals surface area contributed by atoms with E-state index in [9.17, 15) is 9.50 Å². The molecule has 5 aromatic rings. The molecule has 3 N–H and O–H groups in total. The van der Waals surface area contributed by atoms with Crippen LogP contribution >= 0.6 is 0 Å². The van der Waals surface area contributed by atoms with Crippen molar-refractivity contribution >= 4 is 27.8 Å². The number of aromatic amines is 1. The Kier molecular flexibility index (Phi) is 4.05. The van der Waals surface area contributed by atoms with Crippen molar-refractivity contribution in [3.63, 3.8) is 0 Å². The molecule has 2 aromatic heterocycles. The number of rotatable bonds is 4. The van der Waals surface area contributed by atoms with Gasteiger partial charge in [0.2, 0.25) is 0 Å². The first-order valence-electron chi connectivity index (χ1n) is 9.07. The molecule has 6 nitrogen and oxygen atoms in total. The fourth-order valence-electron chi connectivity index (χ4n) is 3.58. The zero-order valence-corrected chi connectivity index (χ0v) is 15.2. The van der Waals surface area contributed by atoms with E-state index in [1.54, 1.807) is 24.5 Å². The number of hydrogen-bond acceptors (Lipinski definition) is 5. The monoisotopic (exact) mass is 385 g/mol. The number of nitrogens with one attached hydrogen (secondary N) is 2. The Morgan fingerprint density at radius 3 is 2.62 bits per heavy atom. The van der Waals surface area contributed by atoms with Crippen molar-refractivity contribution in [1.29, 1.82) is 0 Å². The molecule has 0 saturated heterocycles. The predicted molar refractivity (Wildman–Crippen MR) is 109 cm³/mol. The number of fused-ring (bicyclic) bond motifs is 2. The first-order chi connectivity index (χ1) is 14.2. The van der Waals surface area contributed by atoms with Crippen LogP contribution in [0, 0.1) is 5.82 Å². The molecule has 0 aliphatic carbocycles. The van der Waals surface area contributed by atoms with Crippen molar-refractivity contribution in [2.24, 2.45) is 0 Å². The van der Waals surface area contributed by atoms with Crippen LogP contribution < -0.4 is 5.32 Å². The SMILES string of the molecule is Oc1ccc2ccccc2c1C(Nc1ncnc2nc[nH]c12)c1ccc(F)cc1. The van der Waals surface area contributed by atoms with Crippen LogP contribution in [-0.4, -0.2) is 25.0 Å². The summed E-state index contributed by atoms with van der Waals surface area (Å²) in [5, 5.41) is 16.0. The molecule has 0 bridgehead atoms. The van der Waals surface area contributed by atoms with Crippen LogP contribution in [0.1, 0.15) is 17.2 Å². The van der Waals surface area contributed by atoms with Gasteiger partial charge in [-0.05, 0) is 34.5 Å². The van der Waals surface area contributed by atoms with Crippen LogP contribution in [0.2, 0.25) is 0 Å². The Hall–Kier alpha value is -4.00. The van der Waals surface area contributed by atoms with E-state index in [1.807, 2.05) is 30.3 Å². The average molecular weight is 385 g/mol. The number of imidazole rings is 1. The first kappa shape index (κ1) is 17.1. The van der Waals surface area contributed by atoms with Gasteiger partial charge in [0.25, 0.3) is 0 Å². The normalized spacial score (nSPS) is 12.3. The topological polar surface area (TPSA) is 86.7 Å². The summed E-state index contributed by atoms with van der Waals surface area (Å²) >= 11 is 0. The summed E-state index contributed by atoms with van der Waals surface area (Å²) in [4.78, 5) is 15.7. The summed E-state index contributed by atoms with van der Waals surface area (Å²) < 4.78 is 13.6. The summed E-state index contributed by atoms with van der Waals surface area (Å²) in [6, 6.07) is 17.0. The molecular formula is C22H16FN5O. The third kappa shape index (κ3) is 3.02. The highest BCUT2D eigenvalue weighted by molar-refractivity contribution is 5.90. The molecule has 0 radical (unpaired) electrons. The molecule has 0 amide bonds. The van der Waals surface area contributed by atoms with Crippen molar-refractivity contribution in [2.75, 3.05) is 5.32 Å². The zero-order valence-electron chi connectivity index (χ0n) is 15.2. The number of anilines is 1. The minimum absolute atomic E-state index is 0.139. The molecule has 0 fully saturated rings. The van der Waals surface area contributed by atoms with Crippen molar-refractivity contribution in [3.8, 4) is 5.75 Å². The summed E-state index contributed by atoms with van der Waals surface area (Å²) in [6.45, 7) is 0. The van der Waals surface area contributed by atoms with Gasteiger partial charge in [0, 0.05) is 5.56 Å². The van der Waals surface area contributed by atoms with Gasteiger partial charge in [-0.2, -0.15) is 0 Å². The first-order valence-corrected chi connectivity index (χ1v) is 9.07. The summed E-state index contributed by atoms with van der Waals surface area (Å²) in [5.74, 6) is 0.349. The molecule has 29 heavy (non-hydrogen) atoms. The van der Waals surface area contributed by atoms with Gasteiger partial charge >= 0.3 is 0 Å². The van der Waals surface area contributed by atoms with Gasteiger partial charge in [0.1, 0.15) is 23.4 Å². The lowest BCUT2D eigenvalue weighted by atomic mass is 9.92. The summed E-state index contributed by atoms with van der Waals surface area (Å²) in [7, 11) is 0. The zero-order chi connectivity index (χ0) is 19.8. The second kappa shape index (κ2) is 6.87. The van der Waals surface area contributed by atoms with Crippen LogP contribution in [0.25, 0.3) is 21.9 Å². The fraction of sp³-hybridized carbons (Fsp3) is 0.0455. The number of H-pyrrole nitrogens is 1. The number of benzene rings is 3. The number of aromatic nitrogens is 4. The Balaban J connectivity index is 1.73. The molecule has 3 aromatic carbocycles.